The summed E-state index contributed by atoms with van der Waals surface area (Å²) in [6, 6.07) is 7.36. The molecule has 0 radical (unpaired) electrons. The fourth-order valence-electron chi connectivity index (χ4n) is 2.54. The van der Waals surface area contributed by atoms with Crippen molar-refractivity contribution in [3.63, 3.8) is 0 Å². The Morgan fingerprint density at radius 2 is 1.43 bits per heavy atom. The van der Waals surface area contributed by atoms with Crippen LogP contribution in [0.3, 0.4) is 0 Å². The Balaban J connectivity index is 2.52. The smallest absolute Gasteiger partial charge is 0.337 e. The molecule has 11 heteroatoms. The van der Waals surface area contributed by atoms with Crippen molar-refractivity contribution in [3.05, 3.63) is 53.1 Å². The lowest BCUT2D eigenvalue weighted by molar-refractivity contribution is 0.0599. The van der Waals surface area contributed by atoms with E-state index in [1.165, 1.54) is 44.5 Å². The summed E-state index contributed by atoms with van der Waals surface area (Å²) in [7, 11) is 0.849. The molecule has 30 heavy (non-hydrogen) atoms. The number of carbonyl (C=O) groups excluding carboxylic acids is 3. The molecule has 2 rings (SSSR count). The standard InChI is InChI=1S/C19H20N2O8S/c1-20-17(22)15-10-14(5-6-16(15)27-2)30(25,26)21-13-8-11(18(23)28-3)7-12(9-13)19(24)29-4/h5-10,21H,1-4H3,(H,20,22). The van der Waals surface area contributed by atoms with Gasteiger partial charge >= 0.3 is 11.9 Å². The predicted molar refractivity (Wildman–Crippen MR) is 106 cm³/mol. The summed E-state index contributed by atoms with van der Waals surface area (Å²) in [6.07, 6.45) is 0. The molecular weight excluding hydrogens is 416 g/mol. The predicted octanol–water partition coefficient (Wildman–Crippen LogP) is 1.43. The van der Waals surface area contributed by atoms with Gasteiger partial charge in [0.2, 0.25) is 0 Å². The minimum atomic E-state index is -4.19. The van der Waals surface area contributed by atoms with E-state index in [0.717, 1.165) is 20.3 Å². The van der Waals surface area contributed by atoms with E-state index in [1.807, 2.05) is 0 Å². The number of hydrogen-bond acceptors (Lipinski definition) is 8. The molecule has 0 unspecified atom stereocenters. The van der Waals surface area contributed by atoms with E-state index in [2.05, 4.69) is 19.5 Å². The van der Waals surface area contributed by atoms with Gasteiger partial charge in [-0.15, -0.1) is 0 Å². The van der Waals surface area contributed by atoms with Gasteiger partial charge in [-0.3, -0.25) is 9.52 Å². The zero-order chi connectivity index (χ0) is 22.5. The molecule has 0 spiro atoms. The molecule has 0 aromatic heterocycles. The fraction of sp³-hybridized carbons (Fsp3) is 0.211. The van der Waals surface area contributed by atoms with Crippen LogP contribution in [0.4, 0.5) is 5.69 Å². The minimum absolute atomic E-state index is 0.0152. The molecule has 2 aromatic rings. The van der Waals surface area contributed by atoms with Crippen molar-refractivity contribution in [3.8, 4) is 5.75 Å². The Hall–Kier alpha value is -3.60. The maximum absolute atomic E-state index is 12.8. The van der Waals surface area contributed by atoms with Crippen molar-refractivity contribution in [2.45, 2.75) is 4.90 Å². The van der Waals surface area contributed by atoms with Crippen molar-refractivity contribution in [1.82, 2.24) is 5.32 Å². The summed E-state index contributed by atoms with van der Waals surface area (Å²) in [5.74, 6) is -1.89. The molecule has 0 bridgehead atoms. The van der Waals surface area contributed by atoms with Crippen LogP contribution in [0.2, 0.25) is 0 Å². The lowest BCUT2D eigenvalue weighted by atomic mass is 10.1. The van der Waals surface area contributed by atoms with E-state index >= 15 is 0 Å². The lowest BCUT2D eigenvalue weighted by Crippen LogP contribution is -2.20. The molecule has 160 valence electrons. The molecule has 10 nitrogen and oxygen atoms in total. The summed E-state index contributed by atoms with van der Waals surface area (Å²) < 4.78 is 42.3. The summed E-state index contributed by atoms with van der Waals surface area (Å²) in [5.41, 5.74) is -0.171. The second-order valence-electron chi connectivity index (χ2n) is 5.83. The quantitative estimate of drug-likeness (QED) is 0.622. The molecule has 0 atom stereocenters. The van der Waals surface area contributed by atoms with Gasteiger partial charge in [-0.1, -0.05) is 0 Å². The number of anilines is 1. The SMILES string of the molecule is CNC(=O)c1cc(S(=O)(=O)Nc2cc(C(=O)OC)cc(C(=O)OC)c2)ccc1OC. The first-order valence-electron chi connectivity index (χ1n) is 8.41. The molecule has 0 aliphatic rings. The minimum Gasteiger partial charge on any atom is -0.496 e. The first-order valence-corrected chi connectivity index (χ1v) is 9.89. The third kappa shape index (κ3) is 4.87. The van der Waals surface area contributed by atoms with Gasteiger partial charge in [0.05, 0.1) is 48.6 Å². The average molecular weight is 436 g/mol. The topological polar surface area (TPSA) is 137 Å². The Labute approximate surface area is 173 Å². The molecule has 2 N–H and O–H groups in total. The van der Waals surface area contributed by atoms with E-state index in [9.17, 15) is 22.8 Å². The van der Waals surface area contributed by atoms with Gasteiger partial charge in [0, 0.05) is 7.05 Å². The monoisotopic (exact) mass is 436 g/mol. The summed E-state index contributed by atoms with van der Waals surface area (Å²) in [6.45, 7) is 0. The van der Waals surface area contributed by atoms with Crippen LogP contribution in [-0.4, -0.2) is 54.6 Å². The van der Waals surface area contributed by atoms with Gasteiger partial charge in [0.25, 0.3) is 15.9 Å². The third-order valence-corrected chi connectivity index (χ3v) is 5.36. The van der Waals surface area contributed by atoms with Gasteiger partial charge in [-0.25, -0.2) is 18.0 Å². The number of nitrogens with one attached hydrogen (secondary N) is 2. The number of rotatable bonds is 7. The highest BCUT2D eigenvalue weighted by Gasteiger charge is 2.21. The van der Waals surface area contributed by atoms with Crippen LogP contribution in [0, 0.1) is 0 Å². The van der Waals surface area contributed by atoms with E-state index < -0.39 is 27.9 Å². The third-order valence-electron chi connectivity index (χ3n) is 3.98. The molecule has 1 amide bonds. The van der Waals surface area contributed by atoms with Crippen LogP contribution < -0.4 is 14.8 Å². The average Bonchev–Trinajstić information content (AvgIpc) is 2.76. The fourth-order valence-corrected chi connectivity index (χ4v) is 3.60. The molecule has 0 saturated heterocycles. The van der Waals surface area contributed by atoms with Crippen molar-refractivity contribution in [2.24, 2.45) is 0 Å². The number of amides is 1. The van der Waals surface area contributed by atoms with Gasteiger partial charge in [0.15, 0.2) is 0 Å². The van der Waals surface area contributed by atoms with Crippen molar-refractivity contribution in [2.75, 3.05) is 33.1 Å². The molecule has 2 aromatic carbocycles. The highest BCUT2D eigenvalue weighted by atomic mass is 32.2. The van der Waals surface area contributed by atoms with E-state index in [-0.39, 0.29) is 33.0 Å². The molecular formula is C19H20N2O8S. The van der Waals surface area contributed by atoms with Gasteiger partial charge in [0.1, 0.15) is 5.75 Å². The van der Waals surface area contributed by atoms with Gasteiger partial charge < -0.3 is 19.5 Å². The highest BCUT2D eigenvalue weighted by Crippen LogP contribution is 2.25. The van der Waals surface area contributed by atoms with Crippen LogP contribution in [0.5, 0.6) is 5.75 Å². The van der Waals surface area contributed by atoms with E-state index in [4.69, 9.17) is 4.74 Å². The Kier molecular flexibility index (Phi) is 7.01. The number of sulfonamides is 1. The largest absolute Gasteiger partial charge is 0.496 e. The van der Waals surface area contributed by atoms with E-state index in [1.54, 1.807) is 0 Å². The molecule has 0 saturated carbocycles. The number of esters is 2. The van der Waals surface area contributed by atoms with Crippen molar-refractivity contribution < 1.29 is 37.0 Å². The van der Waals surface area contributed by atoms with E-state index in [0.29, 0.717) is 0 Å². The van der Waals surface area contributed by atoms with Crippen LogP contribution in [0.25, 0.3) is 0 Å². The second-order valence-corrected chi connectivity index (χ2v) is 7.51. The molecule has 0 heterocycles. The van der Waals surface area contributed by atoms with Gasteiger partial charge in [-0.05, 0) is 36.4 Å². The Bertz CT molecular complexity index is 1060. The van der Waals surface area contributed by atoms with Crippen LogP contribution in [0.1, 0.15) is 31.1 Å². The Morgan fingerprint density at radius 1 is 0.867 bits per heavy atom. The number of carbonyl (C=O) groups is 3. The summed E-state index contributed by atoms with van der Waals surface area (Å²) in [5, 5.41) is 2.40. The Morgan fingerprint density at radius 3 is 1.90 bits per heavy atom. The lowest BCUT2D eigenvalue weighted by Gasteiger charge is -2.13. The number of hydrogen-bond donors (Lipinski definition) is 2. The van der Waals surface area contributed by atoms with Crippen LogP contribution in [-0.2, 0) is 19.5 Å². The molecule has 0 aliphatic carbocycles. The zero-order valence-corrected chi connectivity index (χ0v) is 17.5. The van der Waals surface area contributed by atoms with Crippen molar-refractivity contribution >= 4 is 33.6 Å². The maximum atomic E-state index is 12.8. The number of benzene rings is 2. The number of methoxy groups -OCH3 is 3. The number of ether oxygens (including phenoxy) is 3. The second kappa shape index (κ2) is 9.27. The summed E-state index contributed by atoms with van der Waals surface area (Å²) in [4.78, 5) is 35.6. The van der Waals surface area contributed by atoms with Crippen molar-refractivity contribution in [1.29, 1.82) is 0 Å². The van der Waals surface area contributed by atoms with Crippen LogP contribution in [0.15, 0.2) is 41.3 Å². The molecule has 0 aliphatic heterocycles. The first-order chi connectivity index (χ1) is 14.2. The molecule has 0 fully saturated rings. The van der Waals surface area contributed by atoms with Crippen LogP contribution >= 0.6 is 0 Å². The first kappa shape index (κ1) is 22.7. The zero-order valence-electron chi connectivity index (χ0n) is 16.6. The summed E-state index contributed by atoms with van der Waals surface area (Å²) >= 11 is 0. The maximum Gasteiger partial charge on any atom is 0.337 e. The normalized spacial score (nSPS) is 10.7. The van der Waals surface area contributed by atoms with Gasteiger partial charge in [-0.2, -0.15) is 0 Å². The highest BCUT2D eigenvalue weighted by molar-refractivity contribution is 7.92.